The van der Waals surface area contributed by atoms with Gasteiger partial charge in [0.15, 0.2) is 0 Å². The molecule has 0 aliphatic carbocycles. The van der Waals surface area contributed by atoms with Crippen molar-refractivity contribution in [1.82, 2.24) is 15.0 Å². The Labute approximate surface area is 130 Å². The molecular weight excluding hydrogens is 342 g/mol. The van der Waals surface area contributed by atoms with Gasteiger partial charge in [-0.3, -0.25) is 0 Å². The molecule has 2 heterocycles. The molecule has 0 atom stereocenters. The zero-order valence-electron chi connectivity index (χ0n) is 11.4. The van der Waals surface area contributed by atoms with Crippen LogP contribution in [0.15, 0.2) is 9.85 Å². The van der Waals surface area contributed by atoms with E-state index in [0.717, 1.165) is 26.7 Å². The molecule has 0 fully saturated rings. The van der Waals surface area contributed by atoms with Gasteiger partial charge in [0.2, 0.25) is 0 Å². The SMILES string of the molecule is Cc1nc(Cc2nc(=S)c(Br)c(C(C)(C)C)[nH]2)cs1. The van der Waals surface area contributed by atoms with Gasteiger partial charge >= 0.3 is 0 Å². The number of aryl methyl sites for hydroxylation is 1. The molecule has 0 aliphatic heterocycles. The first-order chi connectivity index (χ1) is 8.77. The minimum atomic E-state index is -0.0118. The van der Waals surface area contributed by atoms with E-state index in [-0.39, 0.29) is 5.41 Å². The van der Waals surface area contributed by atoms with E-state index in [2.05, 4.69) is 57.0 Å². The highest BCUT2D eigenvalue weighted by molar-refractivity contribution is 9.10. The number of hydrogen-bond acceptors (Lipinski definition) is 4. The number of hydrogen-bond donors (Lipinski definition) is 1. The third kappa shape index (κ3) is 3.49. The highest BCUT2D eigenvalue weighted by atomic mass is 79.9. The summed E-state index contributed by atoms with van der Waals surface area (Å²) >= 11 is 10.5. The number of H-pyrrole nitrogens is 1. The highest BCUT2D eigenvalue weighted by Gasteiger charge is 2.20. The van der Waals surface area contributed by atoms with E-state index >= 15 is 0 Å². The molecule has 0 aromatic carbocycles. The molecule has 0 bridgehead atoms. The van der Waals surface area contributed by atoms with Crippen LogP contribution < -0.4 is 0 Å². The number of nitrogens with one attached hydrogen (secondary N) is 1. The van der Waals surface area contributed by atoms with Gasteiger partial charge in [-0.15, -0.1) is 11.3 Å². The van der Waals surface area contributed by atoms with Crippen molar-refractivity contribution in [2.45, 2.75) is 39.5 Å². The van der Waals surface area contributed by atoms with Gasteiger partial charge in [0.25, 0.3) is 0 Å². The lowest BCUT2D eigenvalue weighted by Crippen LogP contribution is -2.17. The van der Waals surface area contributed by atoms with Crippen molar-refractivity contribution in [3.63, 3.8) is 0 Å². The molecular formula is C13H16BrN3S2. The maximum atomic E-state index is 5.32. The van der Waals surface area contributed by atoms with Crippen LogP contribution in [0, 0.1) is 11.6 Å². The zero-order chi connectivity index (χ0) is 14.2. The Balaban J connectivity index is 2.43. The zero-order valence-corrected chi connectivity index (χ0v) is 14.6. The predicted octanol–water partition coefficient (Wildman–Crippen LogP) is 4.55. The third-order valence-electron chi connectivity index (χ3n) is 2.68. The molecule has 0 aliphatic rings. The normalized spacial score (nSPS) is 11.8. The van der Waals surface area contributed by atoms with Crippen LogP contribution in [-0.2, 0) is 11.8 Å². The monoisotopic (exact) mass is 357 g/mol. The number of aromatic nitrogens is 3. The largest absolute Gasteiger partial charge is 0.345 e. The second kappa shape index (κ2) is 5.42. The maximum Gasteiger partial charge on any atom is 0.144 e. The molecule has 2 rings (SSSR count). The van der Waals surface area contributed by atoms with Crippen molar-refractivity contribution >= 4 is 39.5 Å². The maximum absolute atomic E-state index is 5.32. The summed E-state index contributed by atoms with van der Waals surface area (Å²) in [7, 11) is 0. The van der Waals surface area contributed by atoms with Crippen LogP contribution in [0.25, 0.3) is 0 Å². The summed E-state index contributed by atoms with van der Waals surface area (Å²) in [5.74, 6) is 0.864. The highest BCUT2D eigenvalue weighted by Crippen LogP contribution is 2.28. The Morgan fingerprint density at radius 1 is 1.37 bits per heavy atom. The lowest BCUT2D eigenvalue weighted by atomic mass is 9.92. The molecule has 0 saturated heterocycles. The Morgan fingerprint density at radius 2 is 2.05 bits per heavy atom. The van der Waals surface area contributed by atoms with Gasteiger partial charge in [0, 0.05) is 22.9 Å². The number of aromatic amines is 1. The van der Waals surface area contributed by atoms with Crippen molar-refractivity contribution in [2.75, 3.05) is 0 Å². The fraction of sp³-hybridized carbons (Fsp3) is 0.462. The molecule has 6 heteroatoms. The summed E-state index contributed by atoms with van der Waals surface area (Å²) in [5, 5.41) is 3.13. The molecule has 0 amide bonds. The van der Waals surface area contributed by atoms with Crippen LogP contribution in [0.4, 0.5) is 0 Å². The van der Waals surface area contributed by atoms with Crippen LogP contribution in [0.2, 0.25) is 0 Å². The summed E-state index contributed by atoms with van der Waals surface area (Å²) in [6, 6.07) is 0. The fourth-order valence-electron chi connectivity index (χ4n) is 1.77. The first kappa shape index (κ1) is 14.8. The lowest BCUT2D eigenvalue weighted by Gasteiger charge is -2.21. The van der Waals surface area contributed by atoms with E-state index in [4.69, 9.17) is 12.2 Å². The van der Waals surface area contributed by atoms with Crippen molar-refractivity contribution < 1.29 is 0 Å². The average molecular weight is 358 g/mol. The second-order valence-corrected chi connectivity index (χ2v) is 7.70. The topological polar surface area (TPSA) is 41.6 Å². The van der Waals surface area contributed by atoms with Crippen molar-refractivity contribution in [2.24, 2.45) is 0 Å². The van der Waals surface area contributed by atoms with Gasteiger partial charge in [0.1, 0.15) is 10.5 Å². The van der Waals surface area contributed by atoms with E-state index in [1.807, 2.05) is 6.92 Å². The number of nitrogens with zero attached hydrogens (tertiary/aromatic N) is 2. The average Bonchev–Trinajstić information content (AvgIpc) is 2.67. The minimum Gasteiger partial charge on any atom is -0.345 e. The molecule has 1 N–H and O–H groups in total. The van der Waals surface area contributed by atoms with Gasteiger partial charge in [0.05, 0.1) is 15.2 Å². The van der Waals surface area contributed by atoms with Gasteiger partial charge in [-0.2, -0.15) is 0 Å². The van der Waals surface area contributed by atoms with Gasteiger partial charge < -0.3 is 4.98 Å². The minimum absolute atomic E-state index is 0.0118. The van der Waals surface area contributed by atoms with E-state index in [9.17, 15) is 0 Å². The second-order valence-electron chi connectivity index (χ2n) is 5.46. The van der Waals surface area contributed by atoms with Gasteiger partial charge in [-0.05, 0) is 22.9 Å². The summed E-state index contributed by atoms with van der Waals surface area (Å²) in [6.45, 7) is 8.45. The molecule has 0 saturated carbocycles. The summed E-state index contributed by atoms with van der Waals surface area (Å²) in [5.41, 5.74) is 2.10. The molecule has 2 aromatic heterocycles. The first-order valence-corrected chi connectivity index (χ1v) is 8.05. The van der Waals surface area contributed by atoms with Crippen LogP contribution in [0.1, 0.15) is 43.0 Å². The van der Waals surface area contributed by atoms with Crippen LogP contribution >= 0.6 is 39.5 Å². The van der Waals surface area contributed by atoms with E-state index in [1.165, 1.54) is 0 Å². The predicted molar refractivity (Wildman–Crippen MR) is 85.5 cm³/mol. The van der Waals surface area contributed by atoms with E-state index < -0.39 is 0 Å². The number of rotatable bonds is 2. The van der Waals surface area contributed by atoms with E-state index in [1.54, 1.807) is 11.3 Å². The van der Waals surface area contributed by atoms with Crippen molar-refractivity contribution in [3.8, 4) is 0 Å². The first-order valence-electron chi connectivity index (χ1n) is 5.97. The molecule has 0 spiro atoms. The van der Waals surface area contributed by atoms with E-state index in [0.29, 0.717) is 11.1 Å². The quantitative estimate of drug-likeness (QED) is 0.801. The Kier molecular flexibility index (Phi) is 4.23. The number of halogens is 1. The number of thiazole rings is 1. The third-order valence-corrected chi connectivity index (χ3v) is 4.83. The molecule has 0 unspecified atom stereocenters. The molecule has 19 heavy (non-hydrogen) atoms. The summed E-state index contributed by atoms with van der Waals surface area (Å²) in [6.07, 6.45) is 0.685. The van der Waals surface area contributed by atoms with Gasteiger partial charge in [-0.25, -0.2) is 9.97 Å². The summed E-state index contributed by atoms with van der Waals surface area (Å²) in [4.78, 5) is 12.3. The van der Waals surface area contributed by atoms with Crippen molar-refractivity contribution in [1.29, 1.82) is 0 Å². The molecule has 3 nitrogen and oxygen atoms in total. The molecule has 0 radical (unpaired) electrons. The molecule has 2 aromatic rings. The Morgan fingerprint density at radius 3 is 2.58 bits per heavy atom. The van der Waals surface area contributed by atoms with Crippen LogP contribution in [0.3, 0.4) is 0 Å². The van der Waals surface area contributed by atoms with Gasteiger partial charge in [-0.1, -0.05) is 33.0 Å². The smallest absolute Gasteiger partial charge is 0.144 e. The standard InChI is InChI=1S/C13H16BrN3S2/c1-7-15-8(6-19-7)5-9-16-11(13(2,3)4)10(14)12(18)17-9/h6H,5H2,1-4H3,(H,16,17,18). The Hall–Kier alpha value is -0.590. The van der Waals surface area contributed by atoms with Crippen LogP contribution in [-0.4, -0.2) is 15.0 Å². The lowest BCUT2D eigenvalue weighted by molar-refractivity contribution is 0.558. The Bertz CT molecular complexity index is 653. The fourth-order valence-corrected chi connectivity index (χ4v) is 3.37. The van der Waals surface area contributed by atoms with Crippen molar-refractivity contribution in [3.05, 3.63) is 36.7 Å². The van der Waals surface area contributed by atoms with Crippen LogP contribution in [0.5, 0.6) is 0 Å². The molecule has 102 valence electrons. The summed E-state index contributed by atoms with van der Waals surface area (Å²) < 4.78 is 1.49.